The Morgan fingerprint density at radius 2 is 1.60 bits per heavy atom. The van der Waals surface area contributed by atoms with E-state index < -0.39 is 5.97 Å². The number of carbonyl (C=O) groups is 1. The molecule has 1 saturated heterocycles. The third-order valence-electron chi connectivity index (χ3n) is 5.67. The Bertz CT molecular complexity index is 813. The molecular formula is C24H31N3O3. The molecule has 2 aromatic rings. The van der Waals surface area contributed by atoms with Gasteiger partial charge in [-0.2, -0.15) is 0 Å². The number of aliphatic carboxylic acids is 1. The smallest absolute Gasteiger partial charge is 0.303 e. The van der Waals surface area contributed by atoms with Crippen LogP contribution in [0.15, 0.2) is 59.8 Å². The summed E-state index contributed by atoms with van der Waals surface area (Å²) in [6.07, 6.45) is 3.52. The molecule has 6 nitrogen and oxygen atoms in total. The van der Waals surface area contributed by atoms with Crippen LogP contribution < -0.4 is 4.90 Å². The van der Waals surface area contributed by atoms with Crippen molar-refractivity contribution in [1.82, 2.24) is 4.90 Å². The standard InChI is InChI=1S/C24H31N3O3/c28-24(29)14-13-23(25-30)21-11-9-20(10-12-21)6-4-5-15-26-16-18-27(19-17-26)22-7-2-1-3-8-22/h1-3,7-12,30H,4-6,13-19H2,(H,28,29). The number of rotatable bonds is 10. The highest BCUT2D eigenvalue weighted by molar-refractivity contribution is 6.01. The molecule has 0 spiro atoms. The van der Waals surface area contributed by atoms with Gasteiger partial charge in [0.15, 0.2) is 0 Å². The maximum Gasteiger partial charge on any atom is 0.303 e. The maximum atomic E-state index is 10.7. The quantitative estimate of drug-likeness (QED) is 0.270. The van der Waals surface area contributed by atoms with Crippen LogP contribution >= 0.6 is 0 Å². The lowest BCUT2D eigenvalue weighted by atomic mass is 10.0. The number of carboxylic acids is 1. The van der Waals surface area contributed by atoms with Crippen LogP contribution in [0.1, 0.15) is 36.8 Å². The molecule has 0 unspecified atom stereocenters. The molecule has 1 fully saturated rings. The van der Waals surface area contributed by atoms with Crippen LogP contribution in [-0.4, -0.2) is 59.6 Å². The molecule has 0 saturated carbocycles. The first kappa shape index (κ1) is 21.8. The molecule has 0 radical (unpaired) electrons. The van der Waals surface area contributed by atoms with E-state index in [2.05, 4.69) is 45.3 Å². The van der Waals surface area contributed by atoms with Gasteiger partial charge in [0, 0.05) is 38.3 Å². The number of carboxylic acid groups (broad SMARTS) is 1. The van der Waals surface area contributed by atoms with E-state index in [1.807, 2.05) is 24.3 Å². The molecule has 1 heterocycles. The van der Waals surface area contributed by atoms with Gasteiger partial charge in [-0.05, 0) is 49.1 Å². The van der Waals surface area contributed by atoms with Crippen molar-refractivity contribution in [2.45, 2.75) is 32.1 Å². The lowest BCUT2D eigenvalue weighted by Gasteiger charge is -2.36. The SMILES string of the molecule is O=C(O)CCC(=NO)c1ccc(CCCCN2CCN(c3ccccc3)CC2)cc1. The van der Waals surface area contributed by atoms with E-state index >= 15 is 0 Å². The zero-order chi connectivity index (χ0) is 21.2. The van der Waals surface area contributed by atoms with Crippen LogP contribution in [-0.2, 0) is 11.2 Å². The molecule has 0 atom stereocenters. The van der Waals surface area contributed by atoms with E-state index in [1.165, 1.54) is 17.7 Å². The number of piperazine rings is 1. The minimum atomic E-state index is -0.894. The van der Waals surface area contributed by atoms with Crippen molar-refractivity contribution < 1.29 is 15.1 Å². The summed E-state index contributed by atoms with van der Waals surface area (Å²) in [7, 11) is 0. The van der Waals surface area contributed by atoms with Crippen molar-refractivity contribution in [3.05, 3.63) is 65.7 Å². The predicted molar refractivity (Wildman–Crippen MR) is 120 cm³/mol. The number of aryl methyl sites for hydroxylation is 1. The Morgan fingerprint density at radius 3 is 2.23 bits per heavy atom. The second kappa shape index (κ2) is 11.4. The van der Waals surface area contributed by atoms with Gasteiger partial charge in [0.1, 0.15) is 0 Å². The van der Waals surface area contributed by atoms with Gasteiger partial charge < -0.3 is 15.2 Å². The zero-order valence-electron chi connectivity index (χ0n) is 17.4. The molecule has 2 aromatic carbocycles. The Hall–Kier alpha value is -2.86. The van der Waals surface area contributed by atoms with Gasteiger partial charge in [-0.25, -0.2) is 0 Å². The van der Waals surface area contributed by atoms with Gasteiger partial charge in [0.2, 0.25) is 0 Å². The fourth-order valence-corrected chi connectivity index (χ4v) is 3.87. The molecule has 30 heavy (non-hydrogen) atoms. The molecule has 0 amide bonds. The van der Waals surface area contributed by atoms with Crippen molar-refractivity contribution in [2.75, 3.05) is 37.6 Å². The molecule has 1 aliphatic heterocycles. The summed E-state index contributed by atoms with van der Waals surface area (Å²) in [5.74, 6) is -0.894. The van der Waals surface area contributed by atoms with E-state index in [0.717, 1.165) is 51.1 Å². The first-order chi connectivity index (χ1) is 14.7. The summed E-state index contributed by atoms with van der Waals surface area (Å²) in [4.78, 5) is 15.7. The van der Waals surface area contributed by atoms with Gasteiger partial charge in [-0.3, -0.25) is 9.69 Å². The largest absolute Gasteiger partial charge is 0.481 e. The molecule has 3 rings (SSSR count). The summed E-state index contributed by atoms with van der Waals surface area (Å²) in [5, 5.41) is 21.2. The monoisotopic (exact) mass is 409 g/mol. The van der Waals surface area contributed by atoms with Crippen LogP contribution in [0.4, 0.5) is 5.69 Å². The third kappa shape index (κ3) is 6.59. The van der Waals surface area contributed by atoms with Crippen LogP contribution in [0.3, 0.4) is 0 Å². The van der Waals surface area contributed by atoms with E-state index in [0.29, 0.717) is 5.71 Å². The zero-order valence-corrected chi connectivity index (χ0v) is 17.4. The molecule has 160 valence electrons. The topological polar surface area (TPSA) is 76.4 Å². The van der Waals surface area contributed by atoms with Gasteiger partial charge >= 0.3 is 5.97 Å². The highest BCUT2D eigenvalue weighted by Gasteiger charge is 2.16. The summed E-state index contributed by atoms with van der Waals surface area (Å²) < 4.78 is 0. The Labute approximate surface area is 178 Å². The normalized spacial score (nSPS) is 15.3. The molecular weight excluding hydrogens is 378 g/mol. The Morgan fingerprint density at radius 1 is 0.900 bits per heavy atom. The fourth-order valence-electron chi connectivity index (χ4n) is 3.87. The second-order valence-corrected chi connectivity index (χ2v) is 7.76. The number of hydrogen-bond donors (Lipinski definition) is 2. The lowest BCUT2D eigenvalue weighted by Crippen LogP contribution is -2.46. The highest BCUT2D eigenvalue weighted by Crippen LogP contribution is 2.16. The van der Waals surface area contributed by atoms with Crippen LogP contribution in [0.2, 0.25) is 0 Å². The molecule has 1 aliphatic rings. The minimum Gasteiger partial charge on any atom is -0.481 e. The molecule has 0 aliphatic carbocycles. The number of oxime groups is 1. The average Bonchev–Trinajstić information content (AvgIpc) is 2.79. The van der Waals surface area contributed by atoms with Crippen LogP contribution in [0.25, 0.3) is 0 Å². The Kier molecular flexibility index (Phi) is 8.27. The number of para-hydroxylation sites is 1. The fraction of sp³-hybridized carbons (Fsp3) is 0.417. The van der Waals surface area contributed by atoms with E-state index in [4.69, 9.17) is 10.3 Å². The summed E-state index contributed by atoms with van der Waals surface area (Å²) in [6.45, 7) is 5.54. The van der Waals surface area contributed by atoms with Crippen LogP contribution in [0.5, 0.6) is 0 Å². The second-order valence-electron chi connectivity index (χ2n) is 7.76. The van der Waals surface area contributed by atoms with Crippen molar-refractivity contribution >= 4 is 17.4 Å². The van der Waals surface area contributed by atoms with Gasteiger partial charge in [-0.15, -0.1) is 0 Å². The number of hydrogen-bond acceptors (Lipinski definition) is 5. The number of unbranched alkanes of at least 4 members (excludes halogenated alkanes) is 1. The summed E-state index contributed by atoms with van der Waals surface area (Å²) in [6, 6.07) is 18.5. The van der Waals surface area contributed by atoms with Crippen molar-refractivity contribution in [2.24, 2.45) is 5.16 Å². The lowest BCUT2D eigenvalue weighted by molar-refractivity contribution is -0.136. The number of benzene rings is 2. The predicted octanol–water partition coefficient (Wildman–Crippen LogP) is 3.87. The van der Waals surface area contributed by atoms with Gasteiger partial charge in [0.25, 0.3) is 0 Å². The third-order valence-corrected chi connectivity index (χ3v) is 5.67. The number of nitrogens with zero attached hydrogens (tertiary/aromatic N) is 3. The molecule has 6 heteroatoms. The number of anilines is 1. The average molecular weight is 410 g/mol. The molecule has 2 N–H and O–H groups in total. The van der Waals surface area contributed by atoms with Crippen molar-refractivity contribution in [3.8, 4) is 0 Å². The van der Waals surface area contributed by atoms with Crippen LogP contribution in [0, 0.1) is 0 Å². The maximum absolute atomic E-state index is 10.7. The van der Waals surface area contributed by atoms with Crippen molar-refractivity contribution in [3.63, 3.8) is 0 Å². The molecule has 0 bridgehead atoms. The molecule has 0 aromatic heterocycles. The first-order valence-corrected chi connectivity index (χ1v) is 10.7. The Balaban J connectivity index is 1.35. The van der Waals surface area contributed by atoms with E-state index in [-0.39, 0.29) is 12.8 Å². The van der Waals surface area contributed by atoms with Gasteiger partial charge in [0.05, 0.1) is 12.1 Å². The summed E-state index contributed by atoms with van der Waals surface area (Å²) in [5.41, 5.74) is 3.76. The summed E-state index contributed by atoms with van der Waals surface area (Å²) >= 11 is 0. The minimum absolute atomic E-state index is 0.0409. The van der Waals surface area contributed by atoms with Gasteiger partial charge in [-0.1, -0.05) is 47.6 Å². The highest BCUT2D eigenvalue weighted by atomic mass is 16.4. The van der Waals surface area contributed by atoms with Crippen molar-refractivity contribution in [1.29, 1.82) is 0 Å². The first-order valence-electron chi connectivity index (χ1n) is 10.7. The van der Waals surface area contributed by atoms with E-state index in [9.17, 15) is 4.79 Å². The van der Waals surface area contributed by atoms with E-state index in [1.54, 1.807) is 0 Å².